The lowest BCUT2D eigenvalue weighted by molar-refractivity contribution is 1.19. The quantitative estimate of drug-likeness (QED) is 0.185. The third-order valence-electron chi connectivity index (χ3n) is 11.4. The van der Waals surface area contributed by atoms with Crippen LogP contribution in [0.15, 0.2) is 182 Å². The molecule has 12 aromatic rings. The fourth-order valence-electron chi connectivity index (χ4n) is 8.90. The number of fused-ring (bicyclic) bond motifs is 14. The van der Waals surface area contributed by atoms with Gasteiger partial charge < -0.3 is 9.13 Å². The molecule has 0 saturated heterocycles. The molecule has 8 aromatic carbocycles. The highest BCUT2D eigenvalue weighted by Gasteiger charge is 2.20. The van der Waals surface area contributed by atoms with Crippen LogP contribution in [0.3, 0.4) is 0 Å². The lowest BCUT2D eigenvalue weighted by atomic mass is 10.0. The van der Waals surface area contributed by atoms with Gasteiger partial charge in [-0.05, 0) is 58.3 Å². The lowest BCUT2D eigenvalue weighted by Crippen LogP contribution is -1.96. The summed E-state index contributed by atoms with van der Waals surface area (Å²) in [5.41, 5.74) is 11.4. The third-order valence-corrected chi connectivity index (χ3v) is 11.4. The topological polar surface area (TPSA) is 35.6 Å². The van der Waals surface area contributed by atoms with Crippen LogP contribution in [-0.2, 0) is 0 Å². The molecule has 4 heteroatoms. The molecule has 0 unspecified atom stereocenters. The van der Waals surface area contributed by atoms with Gasteiger partial charge in [-0.15, -0.1) is 0 Å². The van der Waals surface area contributed by atoms with Crippen LogP contribution in [0, 0.1) is 0 Å². The van der Waals surface area contributed by atoms with E-state index in [9.17, 15) is 0 Å². The summed E-state index contributed by atoms with van der Waals surface area (Å²) < 4.78 is 4.88. The van der Waals surface area contributed by atoms with Crippen LogP contribution in [0.5, 0.6) is 0 Å². The first-order valence-electron chi connectivity index (χ1n) is 18.4. The van der Waals surface area contributed by atoms with Crippen molar-refractivity contribution in [2.45, 2.75) is 0 Å². The smallest absolute Gasteiger partial charge is 0.0723 e. The van der Waals surface area contributed by atoms with Crippen molar-refractivity contribution in [1.82, 2.24) is 19.1 Å². The lowest BCUT2D eigenvalue weighted by Gasteiger charge is -2.13. The molecule has 54 heavy (non-hydrogen) atoms. The van der Waals surface area contributed by atoms with E-state index < -0.39 is 0 Å². The van der Waals surface area contributed by atoms with Gasteiger partial charge in [-0.3, -0.25) is 9.97 Å². The number of hydrogen-bond donors (Lipinski definition) is 0. The van der Waals surface area contributed by atoms with E-state index in [-0.39, 0.29) is 0 Å². The molecule has 4 aromatic heterocycles. The zero-order chi connectivity index (χ0) is 35.3. The summed E-state index contributed by atoms with van der Waals surface area (Å²) in [4.78, 5) is 9.74. The summed E-state index contributed by atoms with van der Waals surface area (Å²) in [5, 5.41) is 12.0. The number of nitrogens with zero attached hydrogens (tertiary/aromatic N) is 4. The van der Waals surface area contributed by atoms with Gasteiger partial charge in [-0.1, -0.05) is 133 Å². The van der Waals surface area contributed by atoms with Gasteiger partial charge in [0, 0.05) is 66.9 Å². The molecular weight excluding hydrogens is 657 g/mol. The standard InChI is InChI=1S/C50H30N4/c1-3-11-37-33(9-1)21-27-39-43-29-51-45-15-7-5-13-41(45)49(43)53(47(37)39)35-23-17-31(18-24-35)32-19-25-36(26-20-32)54-48-38-12-4-2-10-34(38)22-28-40(48)44-30-52-46-16-8-6-14-42(46)50(44)54/h1-30H. The van der Waals surface area contributed by atoms with Gasteiger partial charge in [-0.2, -0.15) is 0 Å². The summed E-state index contributed by atoms with van der Waals surface area (Å²) in [6.45, 7) is 0. The van der Waals surface area contributed by atoms with Crippen LogP contribution in [0.4, 0.5) is 0 Å². The minimum absolute atomic E-state index is 0.996. The van der Waals surface area contributed by atoms with Crippen LogP contribution in [0.25, 0.3) is 109 Å². The van der Waals surface area contributed by atoms with Crippen molar-refractivity contribution in [2.24, 2.45) is 0 Å². The van der Waals surface area contributed by atoms with Crippen LogP contribution < -0.4 is 0 Å². The second kappa shape index (κ2) is 11.1. The second-order valence-electron chi connectivity index (χ2n) is 14.2. The van der Waals surface area contributed by atoms with E-state index >= 15 is 0 Å². The maximum Gasteiger partial charge on any atom is 0.0723 e. The molecule has 0 amide bonds. The number of pyridine rings is 2. The average Bonchev–Trinajstić information content (AvgIpc) is 3.78. The van der Waals surface area contributed by atoms with E-state index in [1.165, 1.54) is 65.5 Å². The molecule has 0 N–H and O–H groups in total. The Labute approximate surface area is 309 Å². The van der Waals surface area contributed by atoms with E-state index in [2.05, 4.69) is 179 Å². The Morgan fingerprint density at radius 2 is 0.648 bits per heavy atom. The fraction of sp³-hybridized carbons (Fsp3) is 0. The van der Waals surface area contributed by atoms with Gasteiger partial charge >= 0.3 is 0 Å². The van der Waals surface area contributed by atoms with E-state index in [0.29, 0.717) is 0 Å². The van der Waals surface area contributed by atoms with Crippen molar-refractivity contribution in [1.29, 1.82) is 0 Å². The van der Waals surface area contributed by atoms with Gasteiger partial charge in [0.25, 0.3) is 0 Å². The highest BCUT2D eigenvalue weighted by atomic mass is 15.0. The van der Waals surface area contributed by atoms with Crippen LogP contribution >= 0.6 is 0 Å². The van der Waals surface area contributed by atoms with Crippen molar-refractivity contribution in [2.75, 3.05) is 0 Å². The molecule has 0 aliphatic carbocycles. The predicted molar refractivity (Wildman–Crippen MR) is 226 cm³/mol. The van der Waals surface area contributed by atoms with Crippen LogP contribution in [-0.4, -0.2) is 19.1 Å². The van der Waals surface area contributed by atoms with E-state index in [1.54, 1.807) is 0 Å². The first kappa shape index (κ1) is 29.3. The Kier molecular flexibility index (Phi) is 6.02. The summed E-state index contributed by atoms with van der Waals surface area (Å²) in [6, 6.07) is 61.3. The molecule has 0 fully saturated rings. The molecule has 0 spiro atoms. The largest absolute Gasteiger partial charge is 0.308 e. The SMILES string of the molecule is c1ccc2c(c1)ccc1c3cnc4ccccc4c3n(-c3ccc(-c4ccc(-n5c6c7ccccc7ccc6c6cnc7ccccc7c65)cc4)cc3)c21. The molecule has 0 bridgehead atoms. The number of para-hydroxylation sites is 2. The molecule has 0 aliphatic rings. The minimum atomic E-state index is 0.996. The van der Waals surface area contributed by atoms with Gasteiger partial charge in [0.2, 0.25) is 0 Å². The molecule has 0 saturated carbocycles. The van der Waals surface area contributed by atoms with Gasteiger partial charge in [0.05, 0.1) is 33.1 Å². The molecule has 0 radical (unpaired) electrons. The Morgan fingerprint density at radius 3 is 1.09 bits per heavy atom. The first-order valence-corrected chi connectivity index (χ1v) is 18.4. The van der Waals surface area contributed by atoms with Crippen molar-refractivity contribution >= 4 is 87.0 Å². The number of rotatable bonds is 3. The molecule has 4 heterocycles. The van der Waals surface area contributed by atoms with Gasteiger partial charge in [0.1, 0.15) is 0 Å². The van der Waals surface area contributed by atoms with E-state index in [4.69, 9.17) is 9.97 Å². The summed E-state index contributed by atoms with van der Waals surface area (Å²) in [7, 11) is 0. The third kappa shape index (κ3) is 4.08. The predicted octanol–water partition coefficient (Wildman–Crippen LogP) is 13.0. The highest BCUT2D eigenvalue weighted by Crippen LogP contribution is 2.41. The Morgan fingerprint density at radius 1 is 0.278 bits per heavy atom. The Bertz CT molecular complexity index is 3060. The zero-order valence-electron chi connectivity index (χ0n) is 29.1. The minimum Gasteiger partial charge on any atom is -0.308 e. The first-order chi connectivity index (χ1) is 26.8. The average molecular weight is 687 g/mol. The molecule has 0 atom stereocenters. The molecule has 4 nitrogen and oxygen atoms in total. The monoisotopic (exact) mass is 686 g/mol. The number of hydrogen-bond acceptors (Lipinski definition) is 2. The Balaban J connectivity index is 1.03. The molecule has 250 valence electrons. The van der Waals surface area contributed by atoms with Crippen molar-refractivity contribution in [3.05, 3.63) is 182 Å². The number of benzene rings is 8. The fourth-order valence-corrected chi connectivity index (χ4v) is 8.90. The maximum atomic E-state index is 4.87. The van der Waals surface area contributed by atoms with Crippen molar-refractivity contribution in [3.8, 4) is 22.5 Å². The van der Waals surface area contributed by atoms with Gasteiger partial charge in [-0.25, -0.2) is 0 Å². The highest BCUT2D eigenvalue weighted by molar-refractivity contribution is 6.24. The number of aromatic nitrogens is 4. The summed E-state index contributed by atoms with van der Waals surface area (Å²) in [5.74, 6) is 0. The molecule has 0 aliphatic heterocycles. The summed E-state index contributed by atoms with van der Waals surface area (Å²) in [6.07, 6.45) is 4.08. The zero-order valence-corrected chi connectivity index (χ0v) is 29.1. The summed E-state index contributed by atoms with van der Waals surface area (Å²) >= 11 is 0. The van der Waals surface area contributed by atoms with E-state index in [0.717, 1.165) is 44.0 Å². The van der Waals surface area contributed by atoms with Crippen molar-refractivity contribution < 1.29 is 0 Å². The van der Waals surface area contributed by atoms with Crippen molar-refractivity contribution in [3.63, 3.8) is 0 Å². The van der Waals surface area contributed by atoms with E-state index in [1.807, 2.05) is 12.4 Å². The normalized spacial score (nSPS) is 12.1. The van der Waals surface area contributed by atoms with Crippen LogP contribution in [0.1, 0.15) is 0 Å². The molecule has 12 rings (SSSR count). The maximum absolute atomic E-state index is 4.87. The Hall–Kier alpha value is -7.30. The van der Waals surface area contributed by atoms with Gasteiger partial charge in [0.15, 0.2) is 0 Å². The molecular formula is C50H30N4. The second-order valence-corrected chi connectivity index (χ2v) is 14.2. The van der Waals surface area contributed by atoms with Crippen LogP contribution in [0.2, 0.25) is 0 Å².